The molecule has 0 saturated carbocycles. The Morgan fingerprint density at radius 3 is 2.00 bits per heavy atom. The number of Topliss-reactive ketones (excluding diaryl/α,β-unsaturated/α-hetero) is 2. The lowest BCUT2D eigenvalue weighted by molar-refractivity contribution is -0.121. The van der Waals surface area contributed by atoms with Crippen LogP contribution in [0.4, 0.5) is 0 Å². The topological polar surface area (TPSA) is 127 Å². The van der Waals surface area contributed by atoms with Crippen molar-refractivity contribution >= 4 is 11.6 Å². The third-order valence-corrected chi connectivity index (χ3v) is 3.68. The van der Waals surface area contributed by atoms with Crippen molar-refractivity contribution in [1.82, 2.24) is 0 Å². The maximum atomic E-state index is 12.2. The molecule has 0 aromatic heterocycles. The Morgan fingerprint density at radius 2 is 1.52 bits per heavy atom. The second-order valence-electron chi connectivity index (χ2n) is 7.75. The van der Waals surface area contributed by atoms with Crippen molar-refractivity contribution in [2.24, 2.45) is 22.3 Å². The monoisotopic (exact) mass is 322 g/mol. The van der Waals surface area contributed by atoms with E-state index in [1.807, 2.05) is 0 Å². The van der Waals surface area contributed by atoms with Gasteiger partial charge in [0.2, 0.25) is 23.1 Å². The van der Waals surface area contributed by atoms with Crippen LogP contribution < -0.4 is 11.5 Å². The van der Waals surface area contributed by atoms with E-state index in [1.54, 1.807) is 19.9 Å². The fourth-order valence-electron chi connectivity index (χ4n) is 2.54. The SMILES string of the molecule is CC(C)(C)C/C(N)=C/CC(C)(C)C1=C(N)C(=O)C(O)=C(O)C1=O. The zero-order valence-corrected chi connectivity index (χ0v) is 14.4. The number of allylic oxidation sites excluding steroid dienone is 3. The summed E-state index contributed by atoms with van der Waals surface area (Å²) in [5.41, 5.74) is 11.3. The number of carbonyl (C=O) groups is 2. The number of aliphatic hydroxyl groups is 2. The maximum Gasteiger partial charge on any atom is 0.247 e. The summed E-state index contributed by atoms with van der Waals surface area (Å²) in [7, 11) is 0. The van der Waals surface area contributed by atoms with Gasteiger partial charge in [-0.15, -0.1) is 0 Å². The van der Waals surface area contributed by atoms with Crippen LogP contribution in [0.25, 0.3) is 0 Å². The van der Waals surface area contributed by atoms with Crippen LogP contribution in [0.15, 0.2) is 34.6 Å². The van der Waals surface area contributed by atoms with E-state index in [4.69, 9.17) is 11.5 Å². The van der Waals surface area contributed by atoms with Crippen molar-refractivity contribution in [3.8, 4) is 0 Å². The lowest BCUT2D eigenvalue weighted by Crippen LogP contribution is -2.34. The van der Waals surface area contributed by atoms with E-state index in [0.29, 0.717) is 18.5 Å². The molecule has 1 aliphatic rings. The molecule has 1 aliphatic carbocycles. The summed E-state index contributed by atoms with van der Waals surface area (Å²) in [5, 5.41) is 19.1. The minimum absolute atomic E-state index is 0.00221. The normalized spacial score (nSPS) is 18.0. The molecule has 0 heterocycles. The van der Waals surface area contributed by atoms with Crippen LogP contribution in [0, 0.1) is 10.8 Å². The van der Waals surface area contributed by atoms with Gasteiger partial charge in [0.25, 0.3) is 0 Å². The van der Waals surface area contributed by atoms with E-state index < -0.39 is 28.5 Å². The number of hydrogen-bond donors (Lipinski definition) is 4. The highest BCUT2D eigenvalue weighted by Crippen LogP contribution is 2.37. The van der Waals surface area contributed by atoms with Gasteiger partial charge in [-0.3, -0.25) is 9.59 Å². The largest absolute Gasteiger partial charge is 0.501 e. The highest BCUT2D eigenvalue weighted by Gasteiger charge is 2.40. The van der Waals surface area contributed by atoms with Crippen LogP contribution in [0.3, 0.4) is 0 Å². The number of ketones is 2. The van der Waals surface area contributed by atoms with Crippen LogP contribution in [-0.2, 0) is 9.59 Å². The van der Waals surface area contributed by atoms with Gasteiger partial charge in [0.05, 0.1) is 5.70 Å². The molecule has 0 aliphatic heterocycles. The third kappa shape index (κ3) is 4.15. The molecule has 6 nitrogen and oxygen atoms in total. The Kier molecular flexibility index (Phi) is 4.99. The zero-order chi connectivity index (χ0) is 18.2. The number of aliphatic hydroxyl groups excluding tert-OH is 2. The number of nitrogens with two attached hydrogens (primary N) is 2. The Bertz CT molecular complexity index is 631. The number of rotatable bonds is 4. The first kappa shape index (κ1) is 18.8. The van der Waals surface area contributed by atoms with Crippen molar-refractivity contribution < 1.29 is 19.8 Å². The second kappa shape index (κ2) is 6.10. The number of carbonyl (C=O) groups excluding carboxylic acids is 2. The van der Waals surface area contributed by atoms with Gasteiger partial charge in [0, 0.05) is 11.3 Å². The standard InChI is InChI=1S/C17H26N2O4/c1-16(2,3)8-9(18)6-7-17(4,5)10-11(19)13(21)15(23)14(22)12(10)20/h6,22-23H,7-8,18-19H2,1-5H3/b9-6-. The van der Waals surface area contributed by atoms with Crippen LogP contribution in [0.1, 0.15) is 47.5 Å². The summed E-state index contributed by atoms with van der Waals surface area (Å²) in [5.74, 6) is -3.72. The summed E-state index contributed by atoms with van der Waals surface area (Å²) in [6.45, 7) is 9.66. The Labute approximate surface area is 136 Å². The molecule has 0 aromatic carbocycles. The summed E-state index contributed by atoms with van der Waals surface area (Å²) in [6.07, 6.45) is 2.87. The fraction of sp³-hybridized carbons (Fsp3) is 0.529. The highest BCUT2D eigenvalue weighted by atomic mass is 16.3. The van der Waals surface area contributed by atoms with Gasteiger partial charge in [-0.25, -0.2) is 0 Å². The van der Waals surface area contributed by atoms with E-state index in [1.165, 1.54) is 0 Å². The predicted octanol–water partition coefficient (Wildman–Crippen LogP) is 2.37. The molecule has 0 bridgehead atoms. The highest BCUT2D eigenvalue weighted by molar-refractivity contribution is 6.23. The lowest BCUT2D eigenvalue weighted by Gasteiger charge is -2.29. The van der Waals surface area contributed by atoms with E-state index >= 15 is 0 Å². The molecule has 0 fully saturated rings. The van der Waals surface area contributed by atoms with Crippen LogP contribution in [0.2, 0.25) is 0 Å². The maximum absolute atomic E-state index is 12.2. The van der Waals surface area contributed by atoms with Gasteiger partial charge in [-0.05, 0) is 23.7 Å². The molecular formula is C17H26N2O4. The molecule has 0 spiro atoms. The van der Waals surface area contributed by atoms with Crippen LogP contribution in [-0.4, -0.2) is 21.8 Å². The minimum atomic E-state index is -1.00. The molecule has 0 unspecified atom stereocenters. The zero-order valence-electron chi connectivity index (χ0n) is 14.4. The van der Waals surface area contributed by atoms with Gasteiger partial charge in [0.1, 0.15) is 0 Å². The first-order chi connectivity index (χ1) is 10.3. The van der Waals surface area contributed by atoms with Crippen LogP contribution >= 0.6 is 0 Å². The molecule has 128 valence electrons. The Hall–Kier alpha value is -2.24. The average Bonchev–Trinajstić information content (AvgIpc) is 2.39. The Morgan fingerprint density at radius 1 is 1.04 bits per heavy atom. The molecule has 6 heteroatoms. The van der Waals surface area contributed by atoms with E-state index in [0.717, 1.165) is 0 Å². The quantitative estimate of drug-likeness (QED) is 0.589. The smallest absolute Gasteiger partial charge is 0.247 e. The van der Waals surface area contributed by atoms with Crippen LogP contribution in [0.5, 0.6) is 0 Å². The van der Waals surface area contributed by atoms with Crippen molar-refractivity contribution in [1.29, 1.82) is 0 Å². The molecule has 0 radical (unpaired) electrons. The van der Waals surface area contributed by atoms with Gasteiger partial charge < -0.3 is 21.7 Å². The Balaban J connectivity index is 3.11. The lowest BCUT2D eigenvalue weighted by atomic mass is 9.74. The molecule has 23 heavy (non-hydrogen) atoms. The van der Waals surface area contributed by atoms with Crippen molar-refractivity contribution in [3.05, 3.63) is 34.6 Å². The fourth-order valence-corrected chi connectivity index (χ4v) is 2.54. The first-order valence-electron chi connectivity index (χ1n) is 7.44. The third-order valence-electron chi connectivity index (χ3n) is 3.68. The van der Waals surface area contributed by atoms with E-state index in [9.17, 15) is 19.8 Å². The average molecular weight is 322 g/mol. The summed E-state index contributed by atoms with van der Waals surface area (Å²) < 4.78 is 0. The summed E-state index contributed by atoms with van der Waals surface area (Å²) in [4.78, 5) is 24.0. The molecule has 0 saturated heterocycles. The second-order valence-corrected chi connectivity index (χ2v) is 7.75. The first-order valence-corrected chi connectivity index (χ1v) is 7.44. The van der Waals surface area contributed by atoms with Gasteiger partial charge >= 0.3 is 0 Å². The molecule has 6 N–H and O–H groups in total. The van der Waals surface area contributed by atoms with E-state index in [-0.39, 0.29) is 16.7 Å². The summed E-state index contributed by atoms with van der Waals surface area (Å²) >= 11 is 0. The number of hydrogen-bond acceptors (Lipinski definition) is 6. The molecule has 0 amide bonds. The van der Waals surface area contributed by atoms with Gasteiger partial charge in [0.15, 0.2) is 0 Å². The van der Waals surface area contributed by atoms with E-state index in [2.05, 4.69) is 20.8 Å². The molecule has 1 rings (SSSR count). The predicted molar refractivity (Wildman–Crippen MR) is 88.3 cm³/mol. The van der Waals surface area contributed by atoms with Gasteiger partial charge in [-0.1, -0.05) is 40.7 Å². The molecule has 0 aromatic rings. The summed E-state index contributed by atoms with van der Waals surface area (Å²) in [6, 6.07) is 0. The van der Waals surface area contributed by atoms with Crippen molar-refractivity contribution in [2.45, 2.75) is 47.5 Å². The van der Waals surface area contributed by atoms with Crippen molar-refractivity contribution in [2.75, 3.05) is 0 Å². The molecule has 0 atom stereocenters. The minimum Gasteiger partial charge on any atom is -0.501 e. The van der Waals surface area contributed by atoms with Crippen molar-refractivity contribution in [3.63, 3.8) is 0 Å². The molecular weight excluding hydrogens is 296 g/mol. The van der Waals surface area contributed by atoms with Gasteiger partial charge in [-0.2, -0.15) is 0 Å².